The average Bonchev–Trinajstić information content (AvgIpc) is 2.96. The number of benzene rings is 1. The normalized spacial score (nSPS) is 13.1. The molecule has 0 aliphatic heterocycles. The van der Waals surface area contributed by atoms with Gasteiger partial charge >= 0.3 is 0 Å². The Morgan fingerprint density at radius 1 is 1.25 bits per heavy atom. The molecule has 0 saturated carbocycles. The molecule has 0 aliphatic carbocycles. The van der Waals surface area contributed by atoms with Gasteiger partial charge < -0.3 is 15.5 Å². The number of anilines is 1. The molecule has 2 rings (SSSR count). The predicted molar refractivity (Wildman–Crippen MR) is 96.0 cm³/mol. The highest BCUT2D eigenvalue weighted by atomic mass is 16.3. The van der Waals surface area contributed by atoms with Gasteiger partial charge in [-0.05, 0) is 35.4 Å². The monoisotopic (exact) mass is 329 g/mol. The molecular formula is C19H27N3O2. The Morgan fingerprint density at radius 2 is 1.88 bits per heavy atom. The smallest absolute Gasteiger partial charge is 0.277 e. The fourth-order valence-electron chi connectivity index (χ4n) is 2.42. The minimum atomic E-state index is -0.301. The zero-order chi connectivity index (χ0) is 17.9. The van der Waals surface area contributed by atoms with Crippen LogP contribution in [-0.4, -0.2) is 10.9 Å². The van der Waals surface area contributed by atoms with E-state index >= 15 is 0 Å². The summed E-state index contributed by atoms with van der Waals surface area (Å²) in [5.74, 6) is 0.535. The first kappa shape index (κ1) is 18.2. The number of oxazole rings is 1. The molecule has 1 aromatic heterocycles. The number of nitrogens with one attached hydrogen (secondary N) is 1. The van der Waals surface area contributed by atoms with Gasteiger partial charge in [-0.15, -0.1) is 0 Å². The molecule has 130 valence electrons. The van der Waals surface area contributed by atoms with Crippen molar-refractivity contribution < 1.29 is 9.21 Å². The first-order chi connectivity index (χ1) is 11.2. The fourth-order valence-corrected chi connectivity index (χ4v) is 2.42. The molecule has 5 nitrogen and oxygen atoms in total. The molecule has 1 heterocycles. The second kappa shape index (κ2) is 7.18. The van der Waals surface area contributed by atoms with Crippen LogP contribution in [-0.2, 0) is 5.41 Å². The number of nitrogens with two attached hydrogens (primary N) is 1. The lowest BCUT2D eigenvalue weighted by molar-refractivity contribution is 0.102. The van der Waals surface area contributed by atoms with Crippen molar-refractivity contribution in [3.8, 4) is 0 Å². The molecule has 0 fully saturated rings. The number of amides is 1. The van der Waals surface area contributed by atoms with Crippen LogP contribution in [0.25, 0.3) is 0 Å². The van der Waals surface area contributed by atoms with Crippen LogP contribution >= 0.6 is 0 Å². The molecule has 0 aliphatic rings. The van der Waals surface area contributed by atoms with Gasteiger partial charge in [-0.3, -0.25) is 4.79 Å². The third-order valence-corrected chi connectivity index (χ3v) is 3.81. The van der Waals surface area contributed by atoms with Crippen LogP contribution in [0.5, 0.6) is 0 Å². The molecule has 0 radical (unpaired) electrons. The lowest BCUT2D eigenvalue weighted by Gasteiger charge is -2.19. The lowest BCUT2D eigenvalue weighted by atomic mass is 9.87. The van der Waals surface area contributed by atoms with Crippen LogP contribution < -0.4 is 11.1 Å². The summed E-state index contributed by atoms with van der Waals surface area (Å²) in [5.41, 5.74) is 8.29. The van der Waals surface area contributed by atoms with Crippen molar-refractivity contribution >= 4 is 11.6 Å². The quantitative estimate of drug-likeness (QED) is 0.858. The van der Waals surface area contributed by atoms with Crippen LogP contribution in [0.1, 0.15) is 69.0 Å². The summed E-state index contributed by atoms with van der Waals surface area (Å²) < 4.78 is 5.35. The molecule has 0 saturated heterocycles. The van der Waals surface area contributed by atoms with Gasteiger partial charge in [0.1, 0.15) is 6.26 Å². The van der Waals surface area contributed by atoms with E-state index in [-0.39, 0.29) is 23.1 Å². The van der Waals surface area contributed by atoms with E-state index < -0.39 is 0 Å². The van der Waals surface area contributed by atoms with Crippen LogP contribution in [0.3, 0.4) is 0 Å². The highest BCUT2D eigenvalue weighted by Gasteiger charge is 2.18. The van der Waals surface area contributed by atoms with Crippen molar-refractivity contribution in [3.05, 3.63) is 47.7 Å². The molecule has 3 N–H and O–H groups in total. The number of carbonyl (C=O) groups excluding carboxylic acids is 1. The Kier molecular flexibility index (Phi) is 5.44. The van der Waals surface area contributed by atoms with Gasteiger partial charge in [-0.2, -0.15) is 0 Å². The number of aromatic nitrogens is 1. The van der Waals surface area contributed by atoms with Gasteiger partial charge in [0.2, 0.25) is 5.89 Å². The van der Waals surface area contributed by atoms with Gasteiger partial charge in [-0.25, -0.2) is 4.98 Å². The summed E-state index contributed by atoms with van der Waals surface area (Å²) in [7, 11) is 0. The zero-order valence-corrected chi connectivity index (χ0v) is 15.1. The molecule has 0 bridgehead atoms. The Hall–Kier alpha value is -2.14. The molecule has 24 heavy (non-hydrogen) atoms. The highest BCUT2D eigenvalue weighted by molar-refractivity contribution is 6.02. The summed E-state index contributed by atoms with van der Waals surface area (Å²) in [6, 6.07) is 7.52. The number of hydrogen-bond donors (Lipinski definition) is 2. The largest absolute Gasteiger partial charge is 0.446 e. The standard InChI is InChI=1S/C19H27N3O2/c1-12(2)10-15(20)18-22-16(11-24-18)17(23)21-14-8-6-13(7-9-14)19(3,4)5/h6-9,11-12,15H,10,20H2,1-5H3,(H,21,23). The number of nitrogens with zero attached hydrogens (tertiary/aromatic N) is 1. The van der Waals surface area contributed by atoms with Gasteiger partial charge in [0.25, 0.3) is 5.91 Å². The van der Waals surface area contributed by atoms with E-state index in [4.69, 9.17) is 10.2 Å². The van der Waals surface area contributed by atoms with Gasteiger partial charge in [-0.1, -0.05) is 46.8 Å². The first-order valence-electron chi connectivity index (χ1n) is 8.29. The Labute approximate surface area is 143 Å². The van der Waals surface area contributed by atoms with Gasteiger partial charge in [0.15, 0.2) is 5.69 Å². The van der Waals surface area contributed by atoms with Crippen molar-refractivity contribution in [2.24, 2.45) is 11.7 Å². The number of rotatable bonds is 5. The minimum absolute atomic E-state index is 0.0795. The third kappa shape index (κ3) is 4.68. The second-order valence-corrected chi connectivity index (χ2v) is 7.59. The predicted octanol–water partition coefficient (Wildman–Crippen LogP) is 4.27. The first-order valence-corrected chi connectivity index (χ1v) is 8.29. The van der Waals surface area contributed by atoms with E-state index in [1.807, 2.05) is 24.3 Å². The molecule has 5 heteroatoms. The maximum absolute atomic E-state index is 12.3. The van der Waals surface area contributed by atoms with E-state index in [0.29, 0.717) is 11.8 Å². The number of carbonyl (C=O) groups is 1. The third-order valence-electron chi connectivity index (χ3n) is 3.81. The second-order valence-electron chi connectivity index (χ2n) is 7.59. The van der Waals surface area contributed by atoms with E-state index in [0.717, 1.165) is 12.1 Å². The van der Waals surface area contributed by atoms with Crippen LogP contribution in [0.4, 0.5) is 5.69 Å². The number of hydrogen-bond acceptors (Lipinski definition) is 4. The summed E-state index contributed by atoms with van der Waals surface area (Å²) in [6.45, 7) is 10.6. The molecule has 1 atom stereocenters. The van der Waals surface area contributed by atoms with E-state index in [1.165, 1.54) is 11.8 Å². The van der Waals surface area contributed by atoms with Crippen molar-refractivity contribution in [2.75, 3.05) is 5.32 Å². The van der Waals surface area contributed by atoms with E-state index in [9.17, 15) is 4.79 Å². The topological polar surface area (TPSA) is 81.1 Å². The lowest BCUT2D eigenvalue weighted by Crippen LogP contribution is -2.16. The maximum atomic E-state index is 12.3. The average molecular weight is 329 g/mol. The highest BCUT2D eigenvalue weighted by Crippen LogP contribution is 2.24. The molecular weight excluding hydrogens is 302 g/mol. The fraction of sp³-hybridized carbons (Fsp3) is 0.474. The van der Waals surface area contributed by atoms with Crippen LogP contribution in [0, 0.1) is 5.92 Å². The zero-order valence-electron chi connectivity index (χ0n) is 15.1. The SMILES string of the molecule is CC(C)CC(N)c1nc(C(=O)Nc2ccc(C(C)(C)C)cc2)co1. The molecule has 2 aromatic rings. The molecule has 0 spiro atoms. The summed E-state index contributed by atoms with van der Waals surface area (Å²) in [4.78, 5) is 16.5. The summed E-state index contributed by atoms with van der Waals surface area (Å²) >= 11 is 0. The summed E-state index contributed by atoms with van der Waals surface area (Å²) in [5, 5.41) is 2.83. The van der Waals surface area contributed by atoms with E-state index in [1.54, 1.807) is 0 Å². The molecule has 1 aromatic carbocycles. The summed E-state index contributed by atoms with van der Waals surface area (Å²) in [6.07, 6.45) is 2.12. The maximum Gasteiger partial charge on any atom is 0.277 e. The van der Waals surface area contributed by atoms with Crippen LogP contribution in [0.15, 0.2) is 34.9 Å². The van der Waals surface area contributed by atoms with E-state index in [2.05, 4.69) is 44.9 Å². The van der Waals surface area contributed by atoms with Crippen molar-refractivity contribution in [2.45, 2.75) is 52.5 Å². The molecule has 1 amide bonds. The molecule has 1 unspecified atom stereocenters. The van der Waals surface area contributed by atoms with Crippen molar-refractivity contribution in [3.63, 3.8) is 0 Å². The van der Waals surface area contributed by atoms with Gasteiger partial charge in [0, 0.05) is 5.69 Å². The van der Waals surface area contributed by atoms with Crippen molar-refractivity contribution in [1.29, 1.82) is 0 Å². The van der Waals surface area contributed by atoms with Crippen LogP contribution in [0.2, 0.25) is 0 Å². The Bertz CT molecular complexity index is 681. The Balaban J connectivity index is 2.04. The Morgan fingerprint density at radius 3 is 2.42 bits per heavy atom. The minimum Gasteiger partial charge on any atom is -0.446 e. The van der Waals surface area contributed by atoms with Crippen molar-refractivity contribution in [1.82, 2.24) is 4.98 Å². The van der Waals surface area contributed by atoms with Gasteiger partial charge in [0.05, 0.1) is 6.04 Å².